The van der Waals surface area contributed by atoms with Crippen LogP contribution in [0.25, 0.3) is 6.08 Å². The first-order chi connectivity index (χ1) is 9.54. The maximum Gasteiger partial charge on any atom is 0.248 e. The van der Waals surface area contributed by atoms with E-state index in [4.69, 9.17) is 5.73 Å². The topological polar surface area (TPSA) is 55.1 Å². The van der Waals surface area contributed by atoms with E-state index in [2.05, 4.69) is 21.2 Å². The van der Waals surface area contributed by atoms with Crippen LogP contribution < -0.4 is 11.1 Å². The summed E-state index contributed by atoms with van der Waals surface area (Å²) in [5.74, 6) is -0.178. The summed E-state index contributed by atoms with van der Waals surface area (Å²) < 4.78 is 0.968. The molecule has 0 aliphatic rings. The summed E-state index contributed by atoms with van der Waals surface area (Å²) in [5, 5.41) is 2.81. The summed E-state index contributed by atoms with van der Waals surface area (Å²) in [4.78, 5) is 11.8. The fraction of sp³-hybridized carbons (Fsp3) is 0.0625. The molecule has 2 rings (SSSR count). The Kier molecular flexibility index (Phi) is 4.58. The fourth-order valence-electron chi connectivity index (χ4n) is 1.69. The lowest BCUT2D eigenvalue weighted by Crippen LogP contribution is -2.07. The number of hydrogen-bond acceptors (Lipinski definition) is 2. The molecule has 2 aromatic carbocycles. The van der Waals surface area contributed by atoms with Gasteiger partial charge in [0.2, 0.25) is 5.91 Å². The van der Waals surface area contributed by atoms with Gasteiger partial charge in [0.1, 0.15) is 0 Å². The van der Waals surface area contributed by atoms with Gasteiger partial charge in [0.05, 0.1) is 0 Å². The zero-order chi connectivity index (χ0) is 14.5. The van der Waals surface area contributed by atoms with Crippen molar-refractivity contribution in [2.75, 3.05) is 11.1 Å². The molecular weight excluding hydrogens is 316 g/mol. The summed E-state index contributed by atoms with van der Waals surface area (Å²) in [6, 6.07) is 13.1. The standard InChI is InChI=1S/C16H15BrN2O/c1-11-5-7-14(10-15(11)17)19-16(20)8-6-12-3-2-4-13(18)9-12/h2-10H,18H2,1H3,(H,19,20)/b8-6+. The monoisotopic (exact) mass is 330 g/mol. The smallest absolute Gasteiger partial charge is 0.248 e. The van der Waals surface area contributed by atoms with Crippen molar-refractivity contribution in [2.24, 2.45) is 0 Å². The number of nitrogens with one attached hydrogen (secondary N) is 1. The van der Waals surface area contributed by atoms with Crippen molar-refractivity contribution in [3.63, 3.8) is 0 Å². The number of rotatable bonds is 3. The van der Waals surface area contributed by atoms with E-state index in [1.54, 1.807) is 12.1 Å². The van der Waals surface area contributed by atoms with Gasteiger partial charge in [-0.2, -0.15) is 0 Å². The van der Waals surface area contributed by atoms with Crippen LogP contribution in [0.5, 0.6) is 0 Å². The van der Waals surface area contributed by atoms with Gasteiger partial charge in [-0.05, 0) is 48.4 Å². The summed E-state index contributed by atoms with van der Waals surface area (Å²) in [5.41, 5.74) is 9.13. The Morgan fingerprint density at radius 1 is 1.25 bits per heavy atom. The lowest BCUT2D eigenvalue weighted by Gasteiger charge is -2.04. The summed E-state index contributed by atoms with van der Waals surface area (Å²) in [7, 11) is 0. The van der Waals surface area contributed by atoms with Crippen molar-refractivity contribution in [3.8, 4) is 0 Å². The van der Waals surface area contributed by atoms with Crippen LogP contribution in [0.3, 0.4) is 0 Å². The molecule has 3 nitrogen and oxygen atoms in total. The number of hydrogen-bond donors (Lipinski definition) is 2. The molecule has 0 spiro atoms. The molecule has 0 aliphatic carbocycles. The number of halogens is 1. The van der Waals surface area contributed by atoms with Crippen molar-refractivity contribution < 1.29 is 4.79 Å². The molecule has 2 aromatic rings. The van der Waals surface area contributed by atoms with Crippen molar-refractivity contribution in [1.29, 1.82) is 0 Å². The van der Waals surface area contributed by atoms with Gasteiger partial charge in [-0.1, -0.05) is 34.1 Å². The second-order valence-corrected chi connectivity index (χ2v) is 5.31. The Bertz CT molecular complexity index is 665. The zero-order valence-electron chi connectivity index (χ0n) is 11.1. The molecule has 3 N–H and O–H groups in total. The van der Waals surface area contributed by atoms with E-state index in [0.717, 1.165) is 21.3 Å². The lowest BCUT2D eigenvalue weighted by molar-refractivity contribution is -0.111. The highest BCUT2D eigenvalue weighted by Crippen LogP contribution is 2.20. The van der Waals surface area contributed by atoms with Gasteiger partial charge in [-0.25, -0.2) is 0 Å². The first kappa shape index (κ1) is 14.3. The maximum atomic E-state index is 11.8. The minimum atomic E-state index is -0.178. The van der Waals surface area contributed by atoms with E-state index in [-0.39, 0.29) is 5.91 Å². The van der Waals surface area contributed by atoms with Crippen LogP contribution in [0, 0.1) is 6.92 Å². The predicted octanol–water partition coefficient (Wildman–Crippen LogP) is 3.99. The highest BCUT2D eigenvalue weighted by atomic mass is 79.9. The van der Waals surface area contributed by atoms with Gasteiger partial charge < -0.3 is 11.1 Å². The average molecular weight is 331 g/mol. The largest absolute Gasteiger partial charge is 0.399 e. The number of aryl methyl sites for hydroxylation is 1. The molecule has 0 radical (unpaired) electrons. The number of carbonyl (C=O) groups excluding carboxylic acids is 1. The minimum absolute atomic E-state index is 0.178. The van der Waals surface area contributed by atoms with Gasteiger partial charge in [0, 0.05) is 21.9 Å². The number of amides is 1. The fourth-order valence-corrected chi connectivity index (χ4v) is 2.07. The molecule has 0 heterocycles. The van der Waals surface area contributed by atoms with E-state index < -0.39 is 0 Å². The molecule has 0 saturated heterocycles. The third-order valence-electron chi connectivity index (χ3n) is 2.78. The Balaban J connectivity index is 2.03. The Morgan fingerprint density at radius 3 is 2.75 bits per heavy atom. The zero-order valence-corrected chi connectivity index (χ0v) is 12.6. The number of benzene rings is 2. The van der Waals surface area contributed by atoms with Crippen molar-refractivity contribution >= 4 is 39.3 Å². The van der Waals surface area contributed by atoms with Crippen LogP contribution in [0.1, 0.15) is 11.1 Å². The van der Waals surface area contributed by atoms with Crippen LogP contribution in [0.4, 0.5) is 11.4 Å². The van der Waals surface area contributed by atoms with E-state index in [9.17, 15) is 4.79 Å². The number of carbonyl (C=O) groups is 1. The lowest BCUT2D eigenvalue weighted by atomic mass is 10.2. The second kappa shape index (κ2) is 6.39. The van der Waals surface area contributed by atoms with Crippen LogP contribution in [-0.4, -0.2) is 5.91 Å². The van der Waals surface area contributed by atoms with Crippen LogP contribution >= 0.6 is 15.9 Å². The minimum Gasteiger partial charge on any atom is -0.399 e. The molecule has 102 valence electrons. The van der Waals surface area contributed by atoms with Crippen LogP contribution in [0.2, 0.25) is 0 Å². The SMILES string of the molecule is Cc1ccc(NC(=O)/C=C/c2cccc(N)c2)cc1Br. The Hall–Kier alpha value is -2.07. The first-order valence-electron chi connectivity index (χ1n) is 6.15. The molecule has 4 heteroatoms. The molecule has 0 atom stereocenters. The summed E-state index contributed by atoms with van der Waals surface area (Å²) >= 11 is 3.44. The molecular formula is C16H15BrN2O. The van der Waals surface area contributed by atoms with E-state index in [0.29, 0.717) is 5.69 Å². The highest BCUT2D eigenvalue weighted by Gasteiger charge is 2.00. The molecule has 0 saturated carbocycles. The van der Waals surface area contributed by atoms with Gasteiger partial charge in [0.15, 0.2) is 0 Å². The molecule has 1 amide bonds. The van der Waals surface area contributed by atoms with Crippen molar-refractivity contribution in [1.82, 2.24) is 0 Å². The Morgan fingerprint density at radius 2 is 2.05 bits per heavy atom. The summed E-state index contributed by atoms with van der Waals surface area (Å²) in [6.45, 7) is 2.00. The van der Waals surface area contributed by atoms with E-state index >= 15 is 0 Å². The maximum absolute atomic E-state index is 11.8. The van der Waals surface area contributed by atoms with E-state index in [1.807, 2.05) is 43.3 Å². The van der Waals surface area contributed by atoms with E-state index in [1.165, 1.54) is 6.08 Å². The third kappa shape index (κ3) is 3.96. The van der Waals surface area contributed by atoms with Gasteiger partial charge in [-0.15, -0.1) is 0 Å². The van der Waals surface area contributed by atoms with Gasteiger partial charge >= 0.3 is 0 Å². The number of nitrogen functional groups attached to an aromatic ring is 1. The molecule has 0 bridgehead atoms. The summed E-state index contributed by atoms with van der Waals surface area (Å²) in [6.07, 6.45) is 3.22. The second-order valence-electron chi connectivity index (χ2n) is 4.46. The molecule has 0 unspecified atom stereocenters. The van der Waals surface area contributed by atoms with Gasteiger partial charge in [-0.3, -0.25) is 4.79 Å². The normalized spacial score (nSPS) is 10.7. The van der Waals surface area contributed by atoms with Gasteiger partial charge in [0.25, 0.3) is 0 Å². The third-order valence-corrected chi connectivity index (χ3v) is 3.63. The van der Waals surface area contributed by atoms with Crippen molar-refractivity contribution in [3.05, 3.63) is 64.1 Å². The first-order valence-corrected chi connectivity index (χ1v) is 6.94. The van der Waals surface area contributed by atoms with Crippen molar-refractivity contribution in [2.45, 2.75) is 6.92 Å². The molecule has 0 aromatic heterocycles. The number of anilines is 2. The van der Waals surface area contributed by atoms with Crippen LogP contribution in [-0.2, 0) is 4.79 Å². The van der Waals surface area contributed by atoms with Crippen LogP contribution in [0.15, 0.2) is 53.0 Å². The highest BCUT2D eigenvalue weighted by molar-refractivity contribution is 9.10. The molecule has 20 heavy (non-hydrogen) atoms. The average Bonchev–Trinajstić information content (AvgIpc) is 2.41. The molecule has 0 fully saturated rings. The molecule has 0 aliphatic heterocycles. The Labute approximate surface area is 126 Å². The quantitative estimate of drug-likeness (QED) is 0.660. The predicted molar refractivity (Wildman–Crippen MR) is 87.4 cm³/mol. The number of nitrogens with two attached hydrogens (primary N) is 1.